The zero-order valence-electron chi connectivity index (χ0n) is 11.0. The second kappa shape index (κ2) is 4.65. The van der Waals surface area contributed by atoms with E-state index in [2.05, 4.69) is 23.7 Å². The maximum Gasteiger partial charge on any atom is 0.134 e. The first kappa shape index (κ1) is 12.4. The Labute approximate surface area is 103 Å². The van der Waals surface area contributed by atoms with E-state index in [1.54, 1.807) is 13.1 Å². The molecule has 0 aromatic carbocycles. The first-order valence-corrected chi connectivity index (χ1v) is 6.37. The van der Waals surface area contributed by atoms with Crippen molar-refractivity contribution in [1.29, 1.82) is 0 Å². The second-order valence-electron chi connectivity index (χ2n) is 5.74. The van der Waals surface area contributed by atoms with Gasteiger partial charge in [-0.05, 0) is 31.2 Å². The summed E-state index contributed by atoms with van der Waals surface area (Å²) in [5, 5.41) is 9.77. The highest BCUT2D eigenvalue weighted by Gasteiger charge is 2.27. The van der Waals surface area contributed by atoms with Crippen LogP contribution >= 0.6 is 0 Å². The van der Waals surface area contributed by atoms with Gasteiger partial charge in [-0.3, -0.25) is 0 Å². The van der Waals surface area contributed by atoms with Crippen LogP contribution in [0.1, 0.15) is 45.3 Å². The molecule has 17 heavy (non-hydrogen) atoms. The van der Waals surface area contributed by atoms with Gasteiger partial charge in [0.2, 0.25) is 0 Å². The van der Waals surface area contributed by atoms with Crippen LogP contribution in [0, 0.1) is 5.41 Å². The second-order valence-corrected chi connectivity index (χ2v) is 5.74. The molecule has 0 saturated carbocycles. The van der Waals surface area contributed by atoms with Crippen molar-refractivity contribution in [2.24, 2.45) is 5.41 Å². The molecule has 1 aliphatic heterocycles. The third-order valence-corrected chi connectivity index (χ3v) is 3.68. The molecule has 94 valence electrons. The normalized spacial score (nSPS) is 21.3. The highest BCUT2D eigenvalue weighted by atomic mass is 16.3. The minimum atomic E-state index is -0.450. The predicted octanol–water partition coefficient (Wildman–Crippen LogP) is 2.76. The molecular weight excluding hydrogens is 212 g/mol. The van der Waals surface area contributed by atoms with Gasteiger partial charge in [0.25, 0.3) is 0 Å². The van der Waals surface area contributed by atoms with E-state index in [1.807, 2.05) is 12.1 Å². The number of aromatic nitrogens is 1. The molecule has 2 rings (SSSR count). The van der Waals surface area contributed by atoms with Crippen molar-refractivity contribution in [2.45, 2.75) is 39.7 Å². The number of hydrogen-bond donors (Lipinski definition) is 1. The Bertz CT molecular complexity index is 378. The molecule has 0 spiro atoms. The fourth-order valence-corrected chi connectivity index (χ4v) is 2.32. The fraction of sp³-hybridized carbons (Fsp3) is 0.643. The van der Waals surface area contributed by atoms with Crippen molar-refractivity contribution >= 4 is 5.82 Å². The average molecular weight is 234 g/mol. The van der Waals surface area contributed by atoms with Crippen molar-refractivity contribution in [3.05, 3.63) is 23.9 Å². The first-order valence-electron chi connectivity index (χ1n) is 6.37. The molecule has 3 heteroatoms. The topological polar surface area (TPSA) is 36.4 Å². The van der Waals surface area contributed by atoms with Crippen molar-refractivity contribution in [1.82, 2.24) is 4.98 Å². The van der Waals surface area contributed by atoms with E-state index in [4.69, 9.17) is 0 Å². The number of nitrogens with zero attached hydrogens (tertiary/aromatic N) is 2. The lowest BCUT2D eigenvalue weighted by molar-refractivity contribution is 0.198. The molecule has 1 saturated heterocycles. The molecule has 2 heterocycles. The largest absolute Gasteiger partial charge is 0.389 e. The van der Waals surface area contributed by atoms with Gasteiger partial charge in [-0.2, -0.15) is 0 Å². The summed E-state index contributed by atoms with van der Waals surface area (Å²) in [5.41, 5.74) is 1.38. The molecule has 0 amide bonds. The zero-order chi connectivity index (χ0) is 12.5. The highest BCUT2D eigenvalue weighted by Crippen LogP contribution is 2.33. The van der Waals surface area contributed by atoms with Crippen molar-refractivity contribution in [2.75, 3.05) is 18.0 Å². The summed E-state index contributed by atoms with van der Waals surface area (Å²) in [5.74, 6) is 0.956. The molecule has 1 unspecified atom stereocenters. The van der Waals surface area contributed by atoms with Crippen molar-refractivity contribution in [3.8, 4) is 0 Å². The monoisotopic (exact) mass is 234 g/mol. The van der Waals surface area contributed by atoms with Gasteiger partial charge < -0.3 is 10.0 Å². The maximum absolute atomic E-state index is 9.77. The number of aliphatic hydroxyl groups excluding tert-OH is 1. The Morgan fingerprint density at radius 1 is 1.35 bits per heavy atom. The average Bonchev–Trinajstić information content (AvgIpc) is 2.29. The van der Waals surface area contributed by atoms with Gasteiger partial charge in [0, 0.05) is 24.8 Å². The number of piperidine rings is 1. The standard InChI is InChI=1S/C14H22N2O/c1-11(17)12-5-4-8-15-13(12)16-9-6-14(2,3)7-10-16/h4-5,8,11,17H,6-7,9-10H2,1-3H3. The van der Waals surface area contributed by atoms with E-state index in [1.165, 1.54) is 12.8 Å². The van der Waals surface area contributed by atoms with Crippen molar-refractivity contribution in [3.63, 3.8) is 0 Å². The third kappa shape index (κ3) is 2.78. The summed E-state index contributed by atoms with van der Waals surface area (Å²) in [4.78, 5) is 6.74. The van der Waals surface area contributed by atoms with Crippen molar-refractivity contribution < 1.29 is 5.11 Å². The lowest BCUT2D eigenvalue weighted by Crippen LogP contribution is -2.38. The molecule has 1 N–H and O–H groups in total. The van der Waals surface area contributed by atoms with E-state index in [9.17, 15) is 5.11 Å². The molecule has 1 atom stereocenters. The lowest BCUT2D eigenvalue weighted by Gasteiger charge is -2.38. The first-order chi connectivity index (χ1) is 7.99. The van der Waals surface area contributed by atoms with Gasteiger partial charge in [0.15, 0.2) is 0 Å². The van der Waals surface area contributed by atoms with E-state index in [0.717, 1.165) is 24.5 Å². The molecule has 1 aromatic heterocycles. The molecule has 0 bridgehead atoms. The molecule has 1 aromatic rings. The van der Waals surface area contributed by atoms with E-state index < -0.39 is 6.10 Å². The summed E-state index contributed by atoms with van der Waals surface area (Å²) in [6.45, 7) is 8.50. The van der Waals surface area contributed by atoms with Crippen LogP contribution in [0.4, 0.5) is 5.82 Å². The quantitative estimate of drug-likeness (QED) is 0.854. The van der Waals surface area contributed by atoms with E-state index in [0.29, 0.717) is 5.41 Å². The minimum absolute atomic E-state index is 0.441. The molecule has 1 aliphatic rings. The van der Waals surface area contributed by atoms with Gasteiger partial charge >= 0.3 is 0 Å². The van der Waals surface area contributed by atoms with E-state index in [-0.39, 0.29) is 0 Å². The summed E-state index contributed by atoms with van der Waals surface area (Å²) in [6.07, 6.45) is 3.72. The zero-order valence-corrected chi connectivity index (χ0v) is 11.0. The van der Waals surface area contributed by atoms with Crippen LogP contribution in [0.15, 0.2) is 18.3 Å². The number of rotatable bonds is 2. The molecule has 0 aliphatic carbocycles. The molecule has 0 radical (unpaired) electrons. The Balaban J connectivity index is 2.18. The Morgan fingerprint density at radius 3 is 2.59 bits per heavy atom. The summed E-state index contributed by atoms with van der Waals surface area (Å²) >= 11 is 0. The van der Waals surface area contributed by atoms with Crippen LogP contribution in [-0.4, -0.2) is 23.2 Å². The van der Waals surface area contributed by atoms with Gasteiger partial charge in [0.05, 0.1) is 6.10 Å². The van der Waals surface area contributed by atoms with Crippen LogP contribution in [0.25, 0.3) is 0 Å². The molecular formula is C14H22N2O. The van der Waals surface area contributed by atoms with Gasteiger partial charge in [-0.1, -0.05) is 19.9 Å². The third-order valence-electron chi connectivity index (χ3n) is 3.68. The SMILES string of the molecule is CC(O)c1cccnc1N1CCC(C)(C)CC1. The van der Waals surface area contributed by atoms with Gasteiger partial charge in [0.1, 0.15) is 5.82 Å². The fourth-order valence-electron chi connectivity index (χ4n) is 2.32. The maximum atomic E-state index is 9.77. The van der Waals surface area contributed by atoms with Crippen LogP contribution < -0.4 is 4.90 Å². The summed E-state index contributed by atoms with van der Waals surface area (Å²) in [6, 6.07) is 3.85. The smallest absolute Gasteiger partial charge is 0.134 e. The van der Waals surface area contributed by atoms with Gasteiger partial charge in [-0.15, -0.1) is 0 Å². The van der Waals surface area contributed by atoms with Crippen LogP contribution in [0.3, 0.4) is 0 Å². The number of aliphatic hydroxyl groups is 1. The molecule has 3 nitrogen and oxygen atoms in total. The Kier molecular flexibility index (Phi) is 3.38. The lowest BCUT2D eigenvalue weighted by atomic mass is 9.82. The highest BCUT2D eigenvalue weighted by molar-refractivity contribution is 5.48. The Morgan fingerprint density at radius 2 is 2.00 bits per heavy atom. The number of anilines is 1. The number of pyridine rings is 1. The molecule has 1 fully saturated rings. The van der Waals surface area contributed by atoms with Crippen LogP contribution in [0.2, 0.25) is 0 Å². The number of hydrogen-bond acceptors (Lipinski definition) is 3. The van der Waals surface area contributed by atoms with Crippen LogP contribution in [0.5, 0.6) is 0 Å². The predicted molar refractivity (Wildman–Crippen MR) is 70.1 cm³/mol. The van der Waals surface area contributed by atoms with E-state index >= 15 is 0 Å². The van der Waals surface area contributed by atoms with Gasteiger partial charge in [-0.25, -0.2) is 4.98 Å². The minimum Gasteiger partial charge on any atom is -0.389 e. The summed E-state index contributed by atoms with van der Waals surface area (Å²) < 4.78 is 0. The summed E-state index contributed by atoms with van der Waals surface area (Å²) in [7, 11) is 0. The Hall–Kier alpha value is -1.09. The van der Waals surface area contributed by atoms with Crippen LogP contribution in [-0.2, 0) is 0 Å².